The molecule has 3 N–H and O–H groups in total. The molecule has 1 aromatic heterocycles. The summed E-state index contributed by atoms with van der Waals surface area (Å²) in [5.74, 6) is 1.13. The number of piperazine rings is 1. The molecular weight excluding hydrogens is 208 g/mol. The van der Waals surface area contributed by atoms with E-state index in [1.807, 2.05) is 0 Å². The second-order valence-electron chi connectivity index (χ2n) is 3.79. The van der Waals surface area contributed by atoms with Gasteiger partial charge in [-0.15, -0.1) is 11.3 Å². The fraction of sp³-hybridized carbons (Fsp3) is 0.700. The Labute approximate surface area is 94.5 Å². The fourth-order valence-corrected chi connectivity index (χ4v) is 2.83. The van der Waals surface area contributed by atoms with Gasteiger partial charge < -0.3 is 16.0 Å². The van der Waals surface area contributed by atoms with Gasteiger partial charge in [0.1, 0.15) is 5.82 Å². The summed E-state index contributed by atoms with van der Waals surface area (Å²) in [4.78, 5) is 8.13. The minimum absolute atomic E-state index is 0.701. The molecule has 1 saturated heterocycles. The van der Waals surface area contributed by atoms with Gasteiger partial charge in [-0.25, -0.2) is 4.98 Å². The number of aromatic nitrogens is 1. The Hall–Kier alpha value is -0.810. The van der Waals surface area contributed by atoms with Crippen LogP contribution in [-0.4, -0.2) is 31.2 Å². The first-order chi connectivity index (χ1) is 7.31. The summed E-state index contributed by atoms with van der Waals surface area (Å²) in [6.07, 6.45) is 2.24. The van der Waals surface area contributed by atoms with Crippen molar-refractivity contribution in [1.29, 1.82) is 0 Å². The Kier molecular flexibility index (Phi) is 3.43. The van der Waals surface area contributed by atoms with Gasteiger partial charge in [0.2, 0.25) is 0 Å². The normalized spacial score (nSPS) is 17.0. The van der Waals surface area contributed by atoms with Crippen LogP contribution >= 0.6 is 11.3 Å². The molecular formula is C10H18N4S. The number of nitrogens with one attached hydrogen (secondary N) is 1. The minimum Gasteiger partial charge on any atom is -0.375 e. The van der Waals surface area contributed by atoms with Crippen molar-refractivity contribution in [3.63, 3.8) is 0 Å². The number of nitrogen functional groups attached to an aromatic ring is 1. The van der Waals surface area contributed by atoms with Gasteiger partial charge in [0.05, 0.1) is 4.88 Å². The molecule has 1 aromatic rings. The van der Waals surface area contributed by atoms with Gasteiger partial charge in [-0.2, -0.15) is 0 Å². The minimum atomic E-state index is 0.701. The van der Waals surface area contributed by atoms with E-state index in [-0.39, 0.29) is 0 Å². The van der Waals surface area contributed by atoms with E-state index in [9.17, 15) is 0 Å². The number of anilines is 2. The Morgan fingerprint density at radius 3 is 2.87 bits per heavy atom. The summed E-state index contributed by atoms with van der Waals surface area (Å²) in [7, 11) is 0. The van der Waals surface area contributed by atoms with Crippen molar-refractivity contribution in [2.75, 3.05) is 36.8 Å². The highest BCUT2D eigenvalue weighted by Gasteiger charge is 2.17. The van der Waals surface area contributed by atoms with Crippen molar-refractivity contribution in [3.8, 4) is 0 Å². The van der Waals surface area contributed by atoms with Crippen LogP contribution in [0.1, 0.15) is 18.2 Å². The van der Waals surface area contributed by atoms with E-state index in [2.05, 4.69) is 22.1 Å². The number of hydrogen-bond donors (Lipinski definition) is 2. The molecule has 1 aliphatic rings. The number of rotatable bonds is 3. The van der Waals surface area contributed by atoms with E-state index in [0.29, 0.717) is 5.13 Å². The molecule has 1 fully saturated rings. The number of hydrogen-bond acceptors (Lipinski definition) is 5. The van der Waals surface area contributed by atoms with E-state index >= 15 is 0 Å². The summed E-state index contributed by atoms with van der Waals surface area (Å²) < 4.78 is 0. The lowest BCUT2D eigenvalue weighted by molar-refractivity contribution is 0.584. The number of nitrogens with two attached hydrogens (primary N) is 1. The lowest BCUT2D eigenvalue weighted by atomic mass is 10.2. The van der Waals surface area contributed by atoms with Crippen molar-refractivity contribution in [1.82, 2.24) is 10.3 Å². The summed E-state index contributed by atoms with van der Waals surface area (Å²) in [6.45, 7) is 6.36. The lowest BCUT2D eigenvalue weighted by Gasteiger charge is -2.28. The maximum absolute atomic E-state index is 5.78. The standard InChI is InChI=1S/C10H18N4S/c1-2-3-8-9(13-10(11)15-8)14-6-4-12-5-7-14/h12H,2-7H2,1H3,(H2,11,13). The quantitative estimate of drug-likeness (QED) is 0.810. The van der Waals surface area contributed by atoms with E-state index in [1.165, 1.54) is 4.88 Å². The smallest absolute Gasteiger partial charge is 0.182 e. The second kappa shape index (κ2) is 4.81. The van der Waals surface area contributed by atoms with E-state index < -0.39 is 0 Å². The van der Waals surface area contributed by atoms with Crippen LogP contribution in [0.5, 0.6) is 0 Å². The van der Waals surface area contributed by atoms with Crippen LogP contribution in [0.25, 0.3) is 0 Å². The molecule has 0 aromatic carbocycles. The largest absolute Gasteiger partial charge is 0.375 e. The summed E-state index contributed by atoms with van der Waals surface area (Å²) in [5.41, 5.74) is 5.78. The molecule has 4 nitrogen and oxygen atoms in total. The monoisotopic (exact) mass is 226 g/mol. The average Bonchev–Trinajstić information content (AvgIpc) is 2.62. The molecule has 0 spiro atoms. The SMILES string of the molecule is CCCc1sc(N)nc1N1CCNCC1. The molecule has 15 heavy (non-hydrogen) atoms. The van der Waals surface area contributed by atoms with Gasteiger partial charge in [0.15, 0.2) is 5.13 Å². The summed E-state index contributed by atoms with van der Waals surface area (Å²) in [6, 6.07) is 0. The third-order valence-electron chi connectivity index (χ3n) is 2.59. The predicted octanol–water partition coefficient (Wildman–Crippen LogP) is 1.09. The van der Waals surface area contributed by atoms with Crippen LogP contribution in [0.4, 0.5) is 10.9 Å². The number of nitrogens with zero attached hydrogens (tertiary/aromatic N) is 2. The van der Waals surface area contributed by atoms with Gasteiger partial charge in [-0.1, -0.05) is 13.3 Å². The molecule has 2 rings (SSSR count). The van der Waals surface area contributed by atoms with E-state index in [0.717, 1.165) is 44.8 Å². The van der Waals surface area contributed by atoms with Crippen LogP contribution in [0.3, 0.4) is 0 Å². The first kappa shape index (κ1) is 10.7. The zero-order chi connectivity index (χ0) is 10.7. The Morgan fingerprint density at radius 1 is 1.47 bits per heavy atom. The van der Waals surface area contributed by atoms with Crippen molar-refractivity contribution in [2.45, 2.75) is 19.8 Å². The zero-order valence-electron chi connectivity index (χ0n) is 9.12. The highest BCUT2D eigenvalue weighted by molar-refractivity contribution is 7.15. The highest BCUT2D eigenvalue weighted by atomic mass is 32.1. The number of aryl methyl sites for hydroxylation is 1. The first-order valence-electron chi connectivity index (χ1n) is 5.52. The molecule has 0 bridgehead atoms. The zero-order valence-corrected chi connectivity index (χ0v) is 9.94. The average molecular weight is 226 g/mol. The van der Waals surface area contributed by atoms with Gasteiger partial charge >= 0.3 is 0 Å². The van der Waals surface area contributed by atoms with Crippen LogP contribution in [0.15, 0.2) is 0 Å². The topological polar surface area (TPSA) is 54.2 Å². The molecule has 0 radical (unpaired) electrons. The molecule has 0 saturated carbocycles. The first-order valence-corrected chi connectivity index (χ1v) is 6.33. The van der Waals surface area contributed by atoms with Gasteiger partial charge in [-0.05, 0) is 6.42 Å². The molecule has 1 aliphatic heterocycles. The van der Waals surface area contributed by atoms with Gasteiger partial charge in [-0.3, -0.25) is 0 Å². The molecule has 2 heterocycles. The fourth-order valence-electron chi connectivity index (χ4n) is 1.88. The molecule has 84 valence electrons. The van der Waals surface area contributed by atoms with Gasteiger partial charge in [0, 0.05) is 26.2 Å². The Balaban J connectivity index is 2.17. The highest BCUT2D eigenvalue weighted by Crippen LogP contribution is 2.29. The molecule has 0 unspecified atom stereocenters. The molecule has 5 heteroatoms. The predicted molar refractivity (Wildman–Crippen MR) is 65.6 cm³/mol. The van der Waals surface area contributed by atoms with Crippen LogP contribution in [0, 0.1) is 0 Å². The Morgan fingerprint density at radius 2 is 2.20 bits per heavy atom. The van der Waals surface area contributed by atoms with Crippen LogP contribution < -0.4 is 16.0 Å². The van der Waals surface area contributed by atoms with Crippen molar-refractivity contribution in [3.05, 3.63) is 4.88 Å². The summed E-state index contributed by atoms with van der Waals surface area (Å²) in [5, 5.41) is 4.05. The van der Waals surface area contributed by atoms with Gasteiger partial charge in [0.25, 0.3) is 0 Å². The third kappa shape index (κ3) is 2.41. The van der Waals surface area contributed by atoms with Crippen LogP contribution in [-0.2, 0) is 6.42 Å². The number of thiazole rings is 1. The van der Waals surface area contributed by atoms with E-state index in [4.69, 9.17) is 5.73 Å². The maximum Gasteiger partial charge on any atom is 0.182 e. The van der Waals surface area contributed by atoms with Crippen molar-refractivity contribution in [2.24, 2.45) is 0 Å². The van der Waals surface area contributed by atoms with Crippen LogP contribution in [0.2, 0.25) is 0 Å². The molecule has 0 aliphatic carbocycles. The summed E-state index contributed by atoms with van der Waals surface area (Å²) >= 11 is 1.64. The second-order valence-corrected chi connectivity index (χ2v) is 4.90. The molecule has 0 atom stereocenters. The van der Waals surface area contributed by atoms with E-state index in [1.54, 1.807) is 11.3 Å². The maximum atomic E-state index is 5.78. The third-order valence-corrected chi connectivity index (χ3v) is 3.52. The van der Waals surface area contributed by atoms with Crippen molar-refractivity contribution >= 4 is 22.3 Å². The Bertz CT molecular complexity index is 317. The molecule has 0 amide bonds. The van der Waals surface area contributed by atoms with Crippen molar-refractivity contribution < 1.29 is 0 Å². The lowest BCUT2D eigenvalue weighted by Crippen LogP contribution is -2.44.